The molecule has 1 N–H and O–H groups in total. The van der Waals surface area contributed by atoms with Crippen molar-refractivity contribution >= 4 is 28.3 Å². The predicted molar refractivity (Wildman–Crippen MR) is 101 cm³/mol. The van der Waals surface area contributed by atoms with Crippen molar-refractivity contribution < 1.29 is 27.3 Å². The first-order chi connectivity index (χ1) is 14.2. The molecule has 1 aliphatic rings. The summed E-state index contributed by atoms with van der Waals surface area (Å²) in [6.45, 7) is 2.20. The molecule has 4 rings (SSSR count). The average molecular weight is 436 g/mol. The Morgan fingerprint density at radius 1 is 1.27 bits per heavy atom. The molecule has 0 aliphatic carbocycles. The minimum atomic E-state index is -4.52. The van der Waals surface area contributed by atoms with Gasteiger partial charge in [0.25, 0.3) is 11.8 Å². The highest BCUT2D eigenvalue weighted by Gasteiger charge is 2.32. The van der Waals surface area contributed by atoms with Gasteiger partial charge >= 0.3 is 6.18 Å². The molecule has 1 aromatic carbocycles. The molecular weight excluding hydrogens is 421 g/mol. The lowest BCUT2D eigenvalue weighted by atomic mass is 10.1. The van der Waals surface area contributed by atoms with Crippen LogP contribution in [0.15, 0.2) is 34.9 Å². The van der Waals surface area contributed by atoms with Crippen molar-refractivity contribution in [2.24, 2.45) is 0 Å². The Morgan fingerprint density at radius 2 is 2.07 bits per heavy atom. The minimum absolute atomic E-state index is 0.0206. The maximum atomic E-state index is 12.9. The van der Waals surface area contributed by atoms with Gasteiger partial charge in [0.15, 0.2) is 10.8 Å². The van der Waals surface area contributed by atoms with Crippen molar-refractivity contribution in [3.8, 4) is 0 Å². The summed E-state index contributed by atoms with van der Waals surface area (Å²) in [7, 11) is 0. The Balaban J connectivity index is 1.47. The Morgan fingerprint density at radius 3 is 2.77 bits per heavy atom. The van der Waals surface area contributed by atoms with Crippen LogP contribution in [0.3, 0.4) is 0 Å². The van der Waals surface area contributed by atoms with Gasteiger partial charge in [-0.1, -0.05) is 22.6 Å². The maximum Gasteiger partial charge on any atom is 0.416 e. The van der Waals surface area contributed by atoms with Crippen molar-refractivity contribution in [2.45, 2.75) is 26.1 Å². The number of hydrogen-bond acceptors (Lipinski definition) is 6. The molecule has 0 radical (unpaired) electrons. The summed E-state index contributed by atoms with van der Waals surface area (Å²) < 4.78 is 43.6. The van der Waals surface area contributed by atoms with Gasteiger partial charge < -0.3 is 9.42 Å². The van der Waals surface area contributed by atoms with E-state index in [1.807, 2.05) is 0 Å². The number of halogens is 3. The van der Waals surface area contributed by atoms with Crippen LogP contribution in [0.25, 0.3) is 0 Å². The third-order valence-electron chi connectivity index (χ3n) is 4.54. The number of carbonyl (C=O) groups is 2. The second kappa shape index (κ2) is 7.56. The molecule has 2 aromatic heterocycles. The van der Waals surface area contributed by atoms with E-state index in [9.17, 15) is 22.8 Å². The second-order valence-corrected chi connectivity index (χ2v) is 7.80. The number of nitrogens with zero attached hydrogens (tertiary/aromatic N) is 3. The third kappa shape index (κ3) is 4.06. The van der Waals surface area contributed by atoms with Crippen LogP contribution in [0.5, 0.6) is 0 Å². The number of hydrogen-bond donors (Lipinski definition) is 1. The number of nitrogens with one attached hydrogen (secondary N) is 1. The lowest BCUT2D eigenvalue weighted by Crippen LogP contribution is -2.35. The van der Waals surface area contributed by atoms with Crippen molar-refractivity contribution in [1.29, 1.82) is 0 Å². The van der Waals surface area contributed by atoms with E-state index in [0.29, 0.717) is 23.9 Å². The van der Waals surface area contributed by atoms with E-state index in [1.54, 1.807) is 6.92 Å². The minimum Gasteiger partial charge on any atom is -0.361 e. The fourth-order valence-corrected chi connectivity index (χ4v) is 4.09. The summed E-state index contributed by atoms with van der Waals surface area (Å²) in [4.78, 5) is 31.5. The maximum absolute atomic E-state index is 12.9. The first-order valence-corrected chi connectivity index (χ1v) is 9.72. The number of fused-ring (bicyclic) bond motifs is 1. The van der Waals surface area contributed by atoms with E-state index in [0.717, 1.165) is 22.7 Å². The number of aromatic nitrogens is 2. The molecule has 0 atom stereocenters. The van der Waals surface area contributed by atoms with Crippen LogP contribution >= 0.6 is 11.3 Å². The molecule has 0 saturated carbocycles. The zero-order valence-electron chi connectivity index (χ0n) is 15.6. The van der Waals surface area contributed by atoms with Gasteiger partial charge in [-0.05, 0) is 25.1 Å². The van der Waals surface area contributed by atoms with Crippen LogP contribution in [0, 0.1) is 6.92 Å². The van der Waals surface area contributed by atoms with Crippen molar-refractivity contribution in [3.63, 3.8) is 0 Å². The smallest absolute Gasteiger partial charge is 0.361 e. The van der Waals surface area contributed by atoms with Gasteiger partial charge in [-0.25, -0.2) is 4.98 Å². The lowest BCUT2D eigenvalue weighted by Gasteiger charge is -2.26. The normalized spacial score (nSPS) is 13.8. The van der Waals surface area contributed by atoms with Gasteiger partial charge in [0.2, 0.25) is 0 Å². The molecular formula is C19H15F3N4O3S. The van der Waals surface area contributed by atoms with Crippen molar-refractivity contribution in [1.82, 2.24) is 15.0 Å². The molecule has 2 amide bonds. The number of carbonyl (C=O) groups excluding carboxylic acids is 2. The topological polar surface area (TPSA) is 88.3 Å². The van der Waals surface area contributed by atoms with Gasteiger partial charge in [0.05, 0.1) is 17.8 Å². The summed E-state index contributed by atoms with van der Waals surface area (Å²) in [6.07, 6.45) is -4.08. The quantitative estimate of drug-likeness (QED) is 0.673. The molecule has 30 heavy (non-hydrogen) atoms. The Hall–Kier alpha value is -3.21. The number of amides is 2. The third-order valence-corrected chi connectivity index (χ3v) is 5.53. The molecule has 0 unspecified atom stereocenters. The van der Waals surface area contributed by atoms with E-state index in [1.165, 1.54) is 34.4 Å². The van der Waals surface area contributed by atoms with Crippen LogP contribution < -0.4 is 5.32 Å². The van der Waals surface area contributed by atoms with E-state index < -0.39 is 23.6 Å². The fourth-order valence-electron chi connectivity index (χ4n) is 3.07. The zero-order valence-corrected chi connectivity index (χ0v) is 16.4. The van der Waals surface area contributed by atoms with Crippen molar-refractivity contribution in [3.05, 3.63) is 63.5 Å². The van der Waals surface area contributed by atoms with Gasteiger partial charge in [-0.2, -0.15) is 13.2 Å². The van der Waals surface area contributed by atoms with Crippen LogP contribution in [0.4, 0.5) is 18.3 Å². The Labute approximate surface area is 172 Å². The molecule has 1 aliphatic heterocycles. The van der Waals surface area contributed by atoms with E-state index in [2.05, 4.69) is 15.5 Å². The molecule has 0 bridgehead atoms. The number of benzene rings is 1. The summed E-state index contributed by atoms with van der Waals surface area (Å²) in [6, 6.07) is 5.87. The Bertz CT molecular complexity index is 1120. The van der Waals surface area contributed by atoms with Crippen LogP contribution in [-0.4, -0.2) is 33.4 Å². The lowest BCUT2D eigenvalue weighted by molar-refractivity contribution is -0.137. The highest BCUT2D eigenvalue weighted by Crippen LogP contribution is 2.32. The molecule has 156 valence electrons. The first-order valence-electron chi connectivity index (χ1n) is 8.90. The van der Waals surface area contributed by atoms with E-state index in [4.69, 9.17) is 4.52 Å². The van der Waals surface area contributed by atoms with Crippen LogP contribution in [0.1, 0.15) is 42.7 Å². The van der Waals surface area contributed by atoms with Gasteiger partial charge in [-0.15, -0.1) is 0 Å². The van der Waals surface area contributed by atoms with E-state index >= 15 is 0 Å². The van der Waals surface area contributed by atoms with Crippen LogP contribution in [0.2, 0.25) is 0 Å². The van der Waals surface area contributed by atoms with E-state index in [-0.39, 0.29) is 17.8 Å². The number of alkyl halides is 3. The summed E-state index contributed by atoms with van der Waals surface area (Å²) in [5.41, 5.74) is -0.00797. The molecule has 3 aromatic rings. The molecule has 0 saturated heterocycles. The van der Waals surface area contributed by atoms with Crippen molar-refractivity contribution in [2.75, 3.05) is 11.9 Å². The summed E-state index contributed by atoms with van der Waals surface area (Å²) >= 11 is 1.21. The first kappa shape index (κ1) is 20.1. The predicted octanol–water partition coefficient (Wildman–Crippen LogP) is 3.91. The number of aryl methyl sites for hydroxylation is 1. The Kier molecular flexibility index (Phi) is 5.06. The number of rotatable bonds is 3. The van der Waals surface area contributed by atoms with Gasteiger partial charge in [0, 0.05) is 29.5 Å². The number of thiazole rings is 1. The summed E-state index contributed by atoms with van der Waals surface area (Å²) in [5, 5.41) is 6.65. The van der Waals surface area contributed by atoms with Gasteiger partial charge in [0.1, 0.15) is 5.76 Å². The standard InChI is InChI=1S/C19H15F3N4O3S/c1-10-7-14(25-29-10)16(27)24-18-23-13-5-6-26(9-15(13)30-18)17(28)11-3-2-4-12(8-11)19(20,21)22/h2-4,7-8H,5-6,9H2,1H3,(H,23,24,27). The molecule has 7 nitrogen and oxygen atoms in total. The largest absolute Gasteiger partial charge is 0.416 e. The monoisotopic (exact) mass is 436 g/mol. The van der Waals surface area contributed by atoms with Gasteiger partial charge in [-0.3, -0.25) is 14.9 Å². The average Bonchev–Trinajstić information content (AvgIpc) is 3.31. The SMILES string of the molecule is Cc1cc(C(=O)Nc2nc3c(s2)CN(C(=O)c2cccc(C(F)(F)F)c2)CC3)no1. The molecule has 0 fully saturated rings. The summed E-state index contributed by atoms with van der Waals surface area (Å²) in [5.74, 6) is -0.444. The van der Waals surface area contributed by atoms with Crippen LogP contribution in [-0.2, 0) is 19.1 Å². The number of anilines is 1. The zero-order chi connectivity index (χ0) is 21.5. The molecule has 0 spiro atoms. The highest BCUT2D eigenvalue weighted by atomic mass is 32.1. The molecule has 3 heterocycles. The molecule has 11 heteroatoms. The highest BCUT2D eigenvalue weighted by molar-refractivity contribution is 7.15. The fraction of sp³-hybridized carbons (Fsp3) is 0.263. The second-order valence-electron chi connectivity index (χ2n) is 6.72.